The molecule has 1 aliphatic carbocycles. The van der Waals surface area contributed by atoms with E-state index >= 15 is 0 Å². The summed E-state index contributed by atoms with van der Waals surface area (Å²) in [6, 6.07) is 6.56. The lowest BCUT2D eigenvalue weighted by atomic mass is 10.1. The lowest BCUT2D eigenvalue weighted by Crippen LogP contribution is -2.31. The van der Waals surface area contributed by atoms with Gasteiger partial charge in [-0.15, -0.1) is 0 Å². The largest absolute Gasteiger partial charge is 0.496 e. The molecule has 0 aromatic heterocycles. The van der Waals surface area contributed by atoms with Crippen molar-refractivity contribution in [2.75, 3.05) is 13.7 Å². The molecule has 1 saturated carbocycles. The molecule has 2 bridgehead atoms. The van der Waals surface area contributed by atoms with Crippen molar-refractivity contribution in [3.05, 3.63) is 35.4 Å². The Labute approximate surface area is 125 Å². The van der Waals surface area contributed by atoms with Crippen LogP contribution in [0.3, 0.4) is 0 Å². The van der Waals surface area contributed by atoms with Gasteiger partial charge in [-0.3, -0.25) is 4.90 Å². The van der Waals surface area contributed by atoms with E-state index in [9.17, 15) is 4.79 Å². The minimum Gasteiger partial charge on any atom is -0.496 e. The minimum atomic E-state index is -0.927. The number of fused-ring (bicyclic) bond motifs is 2. The number of carboxylic acid groups (broad SMARTS) is 1. The van der Waals surface area contributed by atoms with Gasteiger partial charge in [0.15, 0.2) is 0 Å². The third kappa shape index (κ3) is 3.10. The summed E-state index contributed by atoms with van der Waals surface area (Å²) < 4.78 is 5.45. The predicted molar refractivity (Wildman–Crippen MR) is 81.2 cm³/mol. The topological polar surface area (TPSA) is 49.8 Å². The number of carboxylic acids is 1. The maximum absolute atomic E-state index is 10.6. The van der Waals surface area contributed by atoms with Crippen LogP contribution in [0, 0.1) is 5.92 Å². The number of hydrogen-bond donors (Lipinski definition) is 1. The standard InChI is InChI=1S/C17H21NO3/c1-21-16-6-3-12(4-7-17(19)20)8-14(16)11-18-10-13-2-5-15(18)9-13/h3-4,6-8,13,15H,2,5,9-11H2,1H3,(H,19,20). The summed E-state index contributed by atoms with van der Waals surface area (Å²) in [5.41, 5.74) is 2.04. The van der Waals surface area contributed by atoms with E-state index in [0.717, 1.165) is 35.4 Å². The average molecular weight is 287 g/mol. The normalized spacial score (nSPS) is 24.8. The fourth-order valence-corrected chi connectivity index (χ4v) is 3.63. The summed E-state index contributed by atoms with van der Waals surface area (Å²) in [6.07, 6.45) is 6.82. The molecule has 4 heteroatoms. The zero-order valence-corrected chi connectivity index (χ0v) is 12.3. The fourth-order valence-electron chi connectivity index (χ4n) is 3.63. The number of methoxy groups -OCH3 is 1. The maximum atomic E-state index is 10.6. The van der Waals surface area contributed by atoms with Crippen molar-refractivity contribution in [3.63, 3.8) is 0 Å². The SMILES string of the molecule is COc1ccc(C=CC(=O)O)cc1CN1CC2CCC1C2. The van der Waals surface area contributed by atoms with Crippen molar-refractivity contribution in [2.45, 2.75) is 31.8 Å². The number of aliphatic carboxylic acids is 1. The summed E-state index contributed by atoms with van der Waals surface area (Å²) in [6.45, 7) is 2.07. The zero-order chi connectivity index (χ0) is 14.8. The highest BCUT2D eigenvalue weighted by Gasteiger charge is 2.37. The molecule has 2 atom stereocenters. The Morgan fingerprint density at radius 3 is 2.95 bits per heavy atom. The molecule has 112 valence electrons. The Balaban J connectivity index is 1.78. The summed E-state index contributed by atoms with van der Waals surface area (Å²) in [5.74, 6) is 0.825. The van der Waals surface area contributed by atoms with Crippen LogP contribution in [0.5, 0.6) is 5.75 Å². The molecular formula is C17H21NO3. The lowest BCUT2D eigenvalue weighted by molar-refractivity contribution is -0.131. The van der Waals surface area contributed by atoms with E-state index in [1.165, 1.54) is 31.9 Å². The molecule has 2 fully saturated rings. The molecule has 1 heterocycles. The Bertz CT molecular complexity index is 567. The van der Waals surface area contributed by atoms with E-state index in [1.54, 1.807) is 13.2 Å². The number of piperidine rings is 1. The third-order valence-electron chi connectivity index (χ3n) is 4.62. The number of likely N-dealkylation sites (tertiary alicyclic amines) is 1. The van der Waals surface area contributed by atoms with Crippen molar-refractivity contribution in [3.8, 4) is 5.75 Å². The molecule has 1 aromatic rings. The predicted octanol–water partition coefficient (Wildman–Crippen LogP) is 2.78. The van der Waals surface area contributed by atoms with Gasteiger partial charge in [0.1, 0.15) is 5.75 Å². The van der Waals surface area contributed by atoms with Crippen LogP contribution in [-0.2, 0) is 11.3 Å². The van der Waals surface area contributed by atoms with Crippen molar-refractivity contribution < 1.29 is 14.6 Å². The van der Waals surface area contributed by atoms with Gasteiger partial charge in [-0.25, -0.2) is 4.79 Å². The van der Waals surface area contributed by atoms with Crippen LogP contribution in [0.1, 0.15) is 30.4 Å². The Morgan fingerprint density at radius 2 is 2.33 bits per heavy atom. The lowest BCUT2D eigenvalue weighted by Gasteiger charge is -2.27. The van der Waals surface area contributed by atoms with E-state index in [0.29, 0.717) is 0 Å². The van der Waals surface area contributed by atoms with Crippen LogP contribution in [0.2, 0.25) is 0 Å². The number of benzene rings is 1. The van der Waals surface area contributed by atoms with Gasteiger partial charge in [0.05, 0.1) is 7.11 Å². The molecule has 21 heavy (non-hydrogen) atoms. The molecule has 0 spiro atoms. The average Bonchev–Trinajstić information content (AvgIpc) is 3.08. The van der Waals surface area contributed by atoms with Crippen molar-refractivity contribution in [1.82, 2.24) is 4.90 Å². The summed E-state index contributed by atoms with van der Waals surface area (Å²) in [5, 5.41) is 8.73. The molecule has 4 nitrogen and oxygen atoms in total. The summed E-state index contributed by atoms with van der Waals surface area (Å²) in [7, 11) is 1.68. The molecule has 3 rings (SSSR count). The number of nitrogens with zero attached hydrogens (tertiary/aromatic N) is 1. The molecule has 2 unspecified atom stereocenters. The number of hydrogen-bond acceptors (Lipinski definition) is 3. The van der Waals surface area contributed by atoms with Gasteiger partial charge in [0, 0.05) is 30.8 Å². The van der Waals surface area contributed by atoms with Gasteiger partial charge in [-0.1, -0.05) is 6.07 Å². The maximum Gasteiger partial charge on any atom is 0.328 e. The van der Waals surface area contributed by atoms with E-state index < -0.39 is 5.97 Å². The quantitative estimate of drug-likeness (QED) is 0.846. The van der Waals surface area contributed by atoms with Gasteiger partial charge in [-0.05, 0) is 49.0 Å². The first-order chi connectivity index (χ1) is 10.2. The first-order valence-electron chi connectivity index (χ1n) is 7.47. The van der Waals surface area contributed by atoms with E-state index in [4.69, 9.17) is 9.84 Å². The Kier molecular flexibility index (Phi) is 3.97. The highest BCUT2D eigenvalue weighted by Crippen LogP contribution is 2.39. The molecule has 1 aromatic carbocycles. The fraction of sp³-hybridized carbons (Fsp3) is 0.471. The second kappa shape index (κ2) is 5.90. The van der Waals surface area contributed by atoms with Crippen molar-refractivity contribution in [1.29, 1.82) is 0 Å². The first kappa shape index (κ1) is 14.1. The van der Waals surface area contributed by atoms with Gasteiger partial charge in [0.2, 0.25) is 0 Å². The van der Waals surface area contributed by atoms with Crippen LogP contribution in [0.25, 0.3) is 6.08 Å². The molecule has 0 amide bonds. The monoisotopic (exact) mass is 287 g/mol. The second-order valence-electron chi connectivity index (χ2n) is 6.01. The Morgan fingerprint density at radius 1 is 1.48 bits per heavy atom. The van der Waals surface area contributed by atoms with E-state index in [1.807, 2.05) is 18.2 Å². The second-order valence-corrected chi connectivity index (χ2v) is 6.01. The van der Waals surface area contributed by atoms with Crippen LogP contribution < -0.4 is 4.74 Å². The van der Waals surface area contributed by atoms with Crippen LogP contribution >= 0.6 is 0 Å². The van der Waals surface area contributed by atoms with Gasteiger partial charge < -0.3 is 9.84 Å². The van der Waals surface area contributed by atoms with Gasteiger partial charge >= 0.3 is 5.97 Å². The number of ether oxygens (including phenoxy) is 1. The zero-order valence-electron chi connectivity index (χ0n) is 12.3. The summed E-state index contributed by atoms with van der Waals surface area (Å²) in [4.78, 5) is 13.2. The molecule has 0 radical (unpaired) electrons. The van der Waals surface area contributed by atoms with Crippen LogP contribution in [-0.4, -0.2) is 35.7 Å². The highest BCUT2D eigenvalue weighted by molar-refractivity contribution is 5.85. The molecular weight excluding hydrogens is 266 g/mol. The van der Waals surface area contributed by atoms with Crippen LogP contribution in [0.4, 0.5) is 0 Å². The van der Waals surface area contributed by atoms with Crippen LogP contribution in [0.15, 0.2) is 24.3 Å². The first-order valence-corrected chi connectivity index (χ1v) is 7.47. The number of rotatable bonds is 5. The molecule has 1 N–H and O–H groups in total. The van der Waals surface area contributed by atoms with Gasteiger partial charge in [0.25, 0.3) is 0 Å². The molecule has 1 aliphatic heterocycles. The highest BCUT2D eigenvalue weighted by atomic mass is 16.5. The van der Waals surface area contributed by atoms with Crippen molar-refractivity contribution >= 4 is 12.0 Å². The van der Waals surface area contributed by atoms with E-state index in [2.05, 4.69) is 4.90 Å². The Hall–Kier alpha value is -1.81. The molecule has 2 aliphatic rings. The van der Waals surface area contributed by atoms with Gasteiger partial charge in [-0.2, -0.15) is 0 Å². The number of carbonyl (C=O) groups is 1. The summed E-state index contributed by atoms with van der Waals surface area (Å²) >= 11 is 0. The molecule has 1 saturated heterocycles. The smallest absolute Gasteiger partial charge is 0.328 e. The van der Waals surface area contributed by atoms with Crippen molar-refractivity contribution in [2.24, 2.45) is 5.92 Å². The van der Waals surface area contributed by atoms with E-state index in [-0.39, 0.29) is 0 Å². The minimum absolute atomic E-state index is 0.720. The third-order valence-corrected chi connectivity index (χ3v) is 4.62.